The summed E-state index contributed by atoms with van der Waals surface area (Å²) in [6, 6.07) is 3.02. The fourth-order valence-corrected chi connectivity index (χ4v) is 3.17. The average molecular weight is 285 g/mol. The largest absolute Gasteiger partial charge is 0.506 e. The Hall–Kier alpha value is -2.09. The molecule has 0 unspecified atom stereocenters. The van der Waals surface area contributed by atoms with Gasteiger partial charge in [0.2, 0.25) is 0 Å². The number of sulfonamides is 1. The quantitative estimate of drug-likeness (QED) is 0.748. The minimum Gasteiger partial charge on any atom is -0.506 e. The number of H-pyrrole nitrogens is 1. The van der Waals surface area contributed by atoms with Crippen molar-refractivity contribution < 1.29 is 17.9 Å². The average Bonchev–Trinajstić information content (AvgIpc) is 2.63. The molecule has 1 aromatic carbocycles. The smallest absolute Gasteiger partial charge is 0.265 e. The summed E-state index contributed by atoms with van der Waals surface area (Å²) in [5.74, 6) is -1.14. The normalized spacial score (nSPS) is 11.5. The summed E-state index contributed by atoms with van der Waals surface area (Å²) < 4.78 is 39.4. The Balaban J connectivity index is 2.42. The lowest BCUT2D eigenvalue weighted by Crippen LogP contribution is -2.14. The third-order valence-electron chi connectivity index (χ3n) is 2.53. The van der Waals surface area contributed by atoms with E-state index in [1.807, 2.05) is 0 Å². The lowest BCUT2D eigenvalue weighted by Gasteiger charge is -2.09. The molecule has 1 heterocycles. The highest BCUT2D eigenvalue weighted by atomic mass is 32.2. The van der Waals surface area contributed by atoms with Crippen molar-refractivity contribution in [2.24, 2.45) is 0 Å². The predicted octanol–water partition coefficient (Wildman–Crippen LogP) is 1.67. The van der Waals surface area contributed by atoms with Gasteiger partial charge in [-0.05, 0) is 26.0 Å². The maximum absolute atomic E-state index is 12.8. The van der Waals surface area contributed by atoms with Gasteiger partial charge in [0, 0.05) is 6.07 Å². The summed E-state index contributed by atoms with van der Waals surface area (Å²) in [4.78, 5) is 0.0104. The first-order valence-electron chi connectivity index (χ1n) is 5.34. The van der Waals surface area contributed by atoms with E-state index in [0.29, 0.717) is 11.4 Å². The van der Waals surface area contributed by atoms with E-state index >= 15 is 0 Å². The lowest BCUT2D eigenvalue weighted by molar-refractivity contribution is 0.471. The van der Waals surface area contributed by atoms with Gasteiger partial charge in [-0.25, -0.2) is 12.8 Å². The number of aryl methyl sites for hydroxylation is 2. The van der Waals surface area contributed by atoms with Crippen LogP contribution in [0.15, 0.2) is 23.1 Å². The molecule has 0 saturated carbocycles. The van der Waals surface area contributed by atoms with Crippen LogP contribution in [-0.4, -0.2) is 23.7 Å². The molecule has 2 aromatic rings. The number of phenolic OH excluding ortho intramolecular Hbond substituents is 1. The van der Waals surface area contributed by atoms with Gasteiger partial charge < -0.3 is 5.11 Å². The van der Waals surface area contributed by atoms with E-state index in [9.17, 15) is 17.9 Å². The molecule has 0 saturated heterocycles. The van der Waals surface area contributed by atoms with Crippen LogP contribution >= 0.6 is 0 Å². The minimum absolute atomic E-state index is 0.0104. The van der Waals surface area contributed by atoms with Crippen LogP contribution in [0, 0.1) is 19.7 Å². The van der Waals surface area contributed by atoms with Gasteiger partial charge in [-0.3, -0.25) is 9.82 Å². The summed E-state index contributed by atoms with van der Waals surface area (Å²) in [5.41, 5.74) is 0.597. The van der Waals surface area contributed by atoms with E-state index in [1.54, 1.807) is 13.8 Å². The first-order chi connectivity index (χ1) is 8.81. The molecule has 6 nitrogen and oxygen atoms in total. The number of phenols is 1. The van der Waals surface area contributed by atoms with E-state index in [-0.39, 0.29) is 10.6 Å². The number of aromatic nitrogens is 2. The van der Waals surface area contributed by atoms with Crippen molar-refractivity contribution in [3.8, 4) is 5.75 Å². The van der Waals surface area contributed by atoms with Gasteiger partial charge in [-0.1, -0.05) is 0 Å². The molecular formula is C11H12FN3O3S. The highest BCUT2D eigenvalue weighted by Gasteiger charge is 2.23. The predicted molar refractivity (Wildman–Crippen MR) is 66.9 cm³/mol. The first-order valence-corrected chi connectivity index (χ1v) is 6.82. The number of halogens is 1. The number of hydrogen-bond donors (Lipinski definition) is 3. The Kier molecular flexibility index (Phi) is 3.19. The Morgan fingerprint density at radius 1 is 1.37 bits per heavy atom. The second kappa shape index (κ2) is 4.54. The van der Waals surface area contributed by atoms with Crippen LogP contribution in [0.3, 0.4) is 0 Å². The van der Waals surface area contributed by atoms with Crippen LogP contribution < -0.4 is 4.72 Å². The number of benzene rings is 1. The van der Waals surface area contributed by atoms with Crippen LogP contribution in [0.1, 0.15) is 11.4 Å². The number of rotatable bonds is 3. The molecular weight excluding hydrogens is 273 g/mol. The van der Waals surface area contributed by atoms with E-state index in [1.165, 1.54) is 0 Å². The highest BCUT2D eigenvalue weighted by Crippen LogP contribution is 2.27. The number of nitrogens with one attached hydrogen (secondary N) is 2. The van der Waals surface area contributed by atoms with Gasteiger partial charge >= 0.3 is 0 Å². The van der Waals surface area contributed by atoms with Crippen LogP contribution in [0.5, 0.6) is 5.75 Å². The van der Waals surface area contributed by atoms with Gasteiger partial charge in [0.05, 0.1) is 17.1 Å². The first kappa shape index (κ1) is 13.3. The fourth-order valence-electron chi connectivity index (χ4n) is 1.72. The van der Waals surface area contributed by atoms with Crippen molar-refractivity contribution in [1.29, 1.82) is 0 Å². The highest BCUT2D eigenvalue weighted by molar-refractivity contribution is 7.92. The molecule has 0 bridgehead atoms. The summed E-state index contributed by atoms with van der Waals surface area (Å²) >= 11 is 0. The third kappa shape index (κ3) is 2.53. The van der Waals surface area contributed by atoms with Crippen molar-refractivity contribution in [3.63, 3.8) is 0 Å². The summed E-state index contributed by atoms with van der Waals surface area (Å²) in [5, 5.41) is 15.9. The summed E-state index contributed by atoms with van der Waals surface area (Å²) in [6.07, 6.45) is 0. The third-order valence-corrected chi connectivity index (χ3v) is 4.16. The molecule has 1 aromatic heterocycles. The molecule has 3 N–H and O–H groups in total. The molecule has 19 heavy (non-hydrogen) atoms. The number of nitrogens with zero attached hydrogens (tertiary/aromatic N) is 1. The number of aromatic amines is 1. The van der Waals surface area contributed by atoms with Crippen molar-refractivity contribution in [1.82, 2.24) is 10.2 Å². The zero-order valence-electron chi connectivity index (χ0n) is 10.2. The molecule has 0 radical (unpaired) electrons. The van der Waals surface area contributed by atoms with Gasteiger partial charge in [0.1, 0.15) is 16.5 Å². The van der Waals surface area contributed by atoms with Gasteiger partial charge in [0.15, 0.2) is 0 Å². The fraction of sp³-hybridized carbons (Fsp3) is 0.182. The molecule has 2 rings (SSSR count). The number of hydrogen-bond acceptors (Lipinski definition) is 4. The van der Waals surface area contributed by atoms with E-state index < -0.39 is 21.6 Å². The van der Waals surface area contributed by atoms with Crippen LogP contribution in [-0.2, 0) is 10.0 Å². The number of aromatic hydroxyl groups is 1. The maximum atomic E-state index is 12.8. The molecule has 8 heteroatoms. The molecule has 0 spiro atoms. The van der Waals surface area contributed by atoms with Crippen LogP contribution in [0.2, 0.25) is 0 Å². The Morgan fingerprint density at radius 2 is 2.05 bits per heavy atom. The summed E-state index contributed by atoms with van der Waals surface area (Å²) in [7, 11) is -3.89. The Labute approximate surface area is 109 Å². The van der Waals surface area contributed by atoms with E-state index in [4.69, 9.17) is 0 Å². The van der Waals surface area contributed by atoms with E-state index in [2.05, 4.69) is 14.9 Å². The Morgan fingerprint density at radius 3 is 2.58 bits per heavy atom. The minimum atomic E-state index is -3.89. The topological polar surface area (TPSA) is 95.1 Å². The molecule has 0 amide bonds. The molecule has 102 valence electrons. The summed E-state index contributed by atoms with van der Waals surface area (Å²) in [6.45, 7) is 3.11. The zero-order valence-corrected chi connectivity index (χ0v) is 11.0. The lowest BCUT2D eigenvalue weighted by atomic mass is 10.3. The monoisotopic (exact) mass is 285 g/mol. The van der Waals surface area contributed by atoms with Crippen molar-refractivity contribution in [2.75, 3.05) is 4.72 Å². The standard InChI is InChI=1S/C11H12FN3O3S/c1-6-11(7(2)14-13-6)19(17,18)15-9-4-3-8(12)5-10(9)16/h3-5,15-16H,1-2H3,(H,13,14). The molecule has 0 fully saturated rings. The van der Waals surface area contributed by atoms with Gasteiger partial charge in [0.25, 0.3) is 10.0 Å². The van der Waals surface area contributed by atoms with Gasteiger partial charge in [-0.15, -0.1) is 0 Å². The molecule has 0 aliphatic carbocycles. The van der Waals surface area contributed by atoms with Crippen molar-refractivity contribution in [3.05, 3.63) is 35.4 Å². The second-order valence-electron chi connectivity index (χ2n) is 4.03. The maximum Gasteiger partial charge on any atom is 0.265 e. The van der Waals surface area contributed by atoms with Crippen molar-refractivity contribution in [2.45, 2.75) is 18.7 Å². The van der Waals surface area contributed by atoms with Crippen LogP contribution in [0.25, 0.3) is 0 Å². The molecule has 0 atom stereocenters. The SMILES string of the molecule is Cc1n[nH]c(C)c1S(=O)(=O)Nc1ccc(F)cc1O. The zero-order chi connectivity index (χ0) is 14.2. The molecule has 0 aliphatic rings. The Bertz CT molecular complexity index is 705. The van der Waals surface area contributed by atoms with E-state index in [0.717, 1.165) is 18.2 Å². The van der Waals surface area contributed by atoms with Gasteiger partial charge in [-0.2, -0.15) is 5.10 Å². The number of anilines is 1. The van der Waals surface area contributed by atoms with Crippen LogP contribution in [0.4, 0.5) is 10.1 Å². The molecule has 0 aliphatic heterocycles. The second-order valence-corrected chi connectivity index (χ2v) is 5.65. The van der Waals surface area contributed by atoms with Crippen molar-refractivity contribution >= 4 is 15.7 Å².